The first-order valence-corrected chi connectivity index (χ1v) is 6.30. The van der Waals surface area contributed by atoms with Gasteiger partial charge in [-0.1, -0.05) is 6.92 Å². The molecule has 2 N–H and O–H groups in total. The van der Waals surface area contributed by atoms with Crippen molar-refractivity contribution in [1.82, 2.24) is 10.6 Å². The summed E-state index contributed by atoms with van der Waals surface area (Å²) >= 11 is 0. The molecule has 0 spiro atoms. The zero-order valence-electron chi connectivity index (χ0n) is 11.2. The van der Waals surface area contributed by atoms with Crippen LogP contribution in [0.1, 0.15) is 29.3 Å². The van der Waals surface area contributed by atoms with Crippen LogP contribution in [0.5, 0.6) is 0 Å². The van der Waals surface area contributed by atoms with E-state index in [1.165, 1.54) is 18.2 Å². The van der Waals surface area contributed by atoms with Crippen LogP contribution in [0.15, 0.2) is 18.2 Å². The van der Waals surface area contributed by atoms with Crippen molar-refractivity contribution in [2.75, 3.05) is 19.6 Å². The fraction of sp³-hybridized carbons (Fsp3) is 0.462. The molecule has 1 aromatic rings. The Bertz CT molecular complexity index is 460. The first-order chi connectivity index (χ1) is 9.06. The second-order valence-corrected chi connectivity index (χ2v) is 4.26. The summed E-state index contributed by atoms with van der Waals surface area (Å²) in [6, 6.07) is 4.37. The van der Waals surface area contributed by atoms with Crippen molar-refractivity contribution in [3.05, 3.63) is 39.4 Å². The van der Waals surface area contributed by atoms with Crippen LogP contribution >= 0.6 is 0 Å². The zero-order valence-corrected chi connectivity index (χ0v) is 11.2. The first-order valence-electron chi connectivity index (χ1n) is 6.30. The fourth-order valence-electron chi connectivity index (χ4n) is 1.67. The molecule has 6 nitrogen and oxygen atoms in total. The molecule has 1 rings (SSSR count). The number of nitro groups is 1. The van der Waals surface area contributed by atoms with E-state index in [1.807, 2.05) is 0 Å². The molecule has 0 heterocycles. The molecule has 104 valence electrons. The molecule has 0 saturated heterocycles. The highest BCUT2D eigenvalue weighted by Crippen LogP contribution is 2.18. The number of nitrogens with zero attached hydrogens (tertiary/aromatic N) is 1. The van der Waals surface area contributed by atoms with Gasteiger partial charge in [0.05, 0.1) is 4.92 Å². The Kier molecular flexibility index (Phi) is 5.95. The number of aryl methyl sites for hydroxylation is 1. The summed E-state index contributed by atoms with van der Waals surface area (Å²) in [5.41, 5.74) is 0.960. The van der Waals surface area contributed by atoms with Gasteiger partial charge < -0.3 is 10.6 Å². The lowest BCUT2D eigenvalue weighted by Gasteiger charge is -2.07. The van der Waals surface area contributed by atoms with E-state index in [0.29, 0.717) is 24.2 Å². The molecule has 19 heavy (non-hydrogen) atoms. The van der Waals surface area contributed by atoms with E-state index in [4.69, 9.17) is 0 Å². The Morgan fingerprint density at radius 2 is 2.05 bits per heavy atom. The van der Waals surface area contributed by atoms with Crippen LogP contribution in [0.4, 0.5) is 5.69 Å². The highest BCUT2D eigenvalue weighted by atomic mass is 16.6. The second-order valence-electron chi connectivity index (χ2n) is 4.26. The largest absolute Gasteiger partial charge is 0.351 e. The fourth-order valence-corrected chi connectivity index (χ4v) is 1.67. The molecular weight excluding hydrogens is 246 g/mol. The minimum absolute atomic E-state index is 0.0289. The highest BCUT2D eigenvalue weighted by molar-refractivity contribution is 5.94. The Labute approximate surface area is 112 Å². The third kappa shape index (κ3) is 4.67. The minimum Gasteiger partial charge on any atom is -0.351 e. The maximum atomic E-state index is 11.8. The van der Waals surface area contributed by atoms with Crippen molar-refractivity contribution in [3.8, 4) is 0 Å². The van der Waals surface area contributed by atoms with Crippen molar-refractivity contribution >= 4 is 11.6 Å². The molecule has 6 heteroatoms. The summed E-state index contributed by atoms with van der Waals surface area (Å²) in [4.78, 5) is 22.0. The second kappa shape index (κ2) is 7.48. The SMILES string of the molecule is CCCNCCNC(=O)c1ccc([N+](=O)[O-])c(C)c1. The Hall–Kier alpha value is -1.95. The van der Waals surface area contributed by atoms with E-state index >= 15 is 0 Å². The number of nitro benzene ring substituents is 1. The van der Waals surface area contributed by atoms with Gasteiger partial charge in [0, 0.05) is 30.3 Å². The van der Waals surface area contributed by atoms with Crippen LogP contribution in [-0.4, -0.2) is 30.5 Å². The number of hydrogen-bond acceptors (Lipinski definition) is 4. The van der Waals surface area contributed by atoms with E-state index in [-0.39, 0.29) is 11.6 Å². The predicted molar refractivity (Wildman–Crippen MR) is 73.3 cm³/mol. The lowest BCUT2D eigenvalue weighted by molar-refractivity contribution is -0.385. The molecule has 0 aliphatic heterocycles. The van der Waals surface area contributed by atoms with E-state index < -0.39 is 4.92 Å². The van der Waals surface area contributed by atoms with Crippen LogP contribution < -0.4 is 10.6 Å². The molecule has 1 aromatic carbocycles. The molecule has 0 bridgehead atoms. The molecule has 0 aliphatic rings. The van der Waals surface area contributed by atoms with Crippen LogP contribution in [0, 0.1) is 17.0 Å². The summed E-state index contributed by atoms with van der Waals surface area (Å²) < 4.78 is 0. The molecule has 0 aromatic heterocycles. The predicted octanol–water partition coefficient (Wildman–Crippen LogP) is 1.63. The van der Waals surface area contributed by atoms with E-state index in [9.17, 15) is 14.9 Å². The summed E-state index contributed by atoms with van der Waals surface area (Å²) in [5, 5.41) is 16.6. The summed E-state index contributed by atoms with van der Waals surface area (Å²) in [6.07, 6.45) is 1.05. The van der Waals surface area contributed by atoms with Gasteiger partial charge in [-0.3, -0.25) is 14.9 Å². The standard InChI is InChI=1S/C13H19N3O3/c1-3-6-14-7-8-15-13(17)11-4-5-12(16(18)19)10(2)9-11/h4-5,9,14H,3,6-8H2,1-2H3,(H,15,17). The van der Waals surface area contributed by atoms with Crippen molar-refractivity contribution in [2.24, 2.45) is 0 Å². The Morgan fingerprint density at radius 3 is 2.63 bits per heavy atom. The molecule has 0 atom stereocenters. The van der Waals surface area contributed by atoms with Crippen LogP contribution in [-0.2, 0) is 0 Å². The van der Waals surface area contributed by atoms with Crippen LogP contribution in [0.3, 0.4) is 0 Å². The molecule has 0 aliphatic carbocycles. The van der Waals surface area contributed by atoms with E-state index in [0.717, 1.165) is 13.0 Å². The summed E-state index contributed by atoms with van der Waals surface area (Å²) in [7, 11) is 0. The average Bonchev–Trinajstić information content (AvgIpc) is 2.37. The van der Waals surface area contributed by atoms with E-state index in [1.54, 1.807) is 6.92 Å². The van der Waals surface area contributed by atoms with Gasteiger partial charge in [-0.2, -0.15) is 0 Å². The van der Waals surface area contributed by atoms with Crippen molar-refractivity contribution < 1.29 is 9.72 Å². The van der Waals surface area contributed by atoms with Crippen LogP contribution in [0.2, 0.25) is 0 Å². The number of amides is 1. The summed E-state index contributed by atoms with van der Waals surface area (Å²) in [5.74, 6) is -0.212. The third-order valence-electron chi connectivity index (χ3n) is 2.67. The van der Waals surface area contributed by atoms with Crippen LogP contribution in [0.25, 0.3) is 0 Å². The molecule has 0 fully saturated rings. The lowest BCUT2D eigenvalue weighted by atomic mass is 10.1. The number of carbonyl (C=O) groups excluding carboxylic acids is 1. The zero-order chi connectivity index (χ0) is 14.3. The van der Waals surface area contributed by atoms with Crippen molar-refractivity contribution in [1.29, 1.82) is 0 Å². The van der Waals surface area contributed by atoms with E-state index in [2.05, 4.69) is 17.6 Å². The number of hydrogen-bond donors (Lipinski definition) is 2. The molecular formula is C13H19N3O3. The van der Waals surface area contributed by atoms with Gasteiger partial charge in [-0.15, -0.1) is 0 Å². The lowest BCUT2D eigenvalue weighted by Crippen LogP contribution is -2.32. The minimum atomic E-state index is -0.453. The normalized spacial score (nSPS) is 10.2. The Balaban J connectivity index is 2.53. The monoisotopic (exact) mass is 265 g/mol. The molecule has 0 saturated carbocycles. The molecule has 0 unspecified atom stereocenters. The number of benzene rings is 1. The van der Waals surface area contributed by atoms with Gasteiger partial charge in [0.1, 0.15) is 0 Å². The van der Waals surface area contributed by atoms with Gasteiger partial charge in [0.25, 0.3) is 11.6 Å². The third-order valence-corrected chi connectivity index (χ3v) is 2.67. The van der Waals surface area contributed by atoms with Gasteiger partial charge in [0.2, 0.25) is 0 Å². The number of nitrogens with one attached hydrogen (secondary N) is 2. The van der Waals surface area contributed by atoms with Gasteiger partial charge in [-0.05, 0) is 32.0 Å². The number of rotatable bonds is 7. The molecule has 1 amide bonds. The maximum Gasteiger partial charge on any atom is 0.272 e. The molecule has 0 radical (unpaired) electrons. The van der Waals surface area contributed by atoms with Crippen molar-refractivity contribution in [2.45, 2.75) is 20.3 Å². The smallest absolute Gasteiger partial charge is 0.272 e. The Morgan fingerprint density at radius 1 is 1.32 bits per heavy atom. The first kappa shape index (κ1) is 15.1. The average molecular weight is 265 g/mol. The van der Waals surface area contributed by atoms with Gasteiger partial charge in [0.15, 0.2) is 0 Å². The van der Waals surface area contributed by atoms with Crippen molar-refractivity contribution in [3.63, 3.8) is 0 Å². The van der Waals surface area contributed by atoms with Gasteiger partial charge >= 0.3 is 0 Å². The topological polar surface area (TPSA) is 84.3 Å². The highest BCUT2D eigenvalue weighted by Gasteiger charge is 2.13. The maximum absolute atomic E-state index is 11.8. The van der Waals surface area contributed by atoms with Gasteiger partial charge in [-0.25, -0.2) is 0 Å². The summed E-state index contributed by atoms with van der Waals surface area (Å²) in [6.45, 7) is 5.87. The number of carbonyl (C=O) groups is 1. The quantitative estimate of drug-likeness (QED) is 0.446.